The third-order valence-corrected chi connectivity index (χ3v) is 6.22. The van der Waals surface area contributed by atoms with Crippen molar-refractivity contribution < 1.29 is 8.42 Å². The maximum Gasteiger partial charge on any atom is 0.240 e. The van der Waals surface area contributed by atoms with E-state index >= 15 is 0 Å². The molecule has 0 heterocycles. The number of hydrogen-bond donors (Lipinski definition) is 2. The fraction of sp³-hybridized carbons (Fsp3) is 0.571. The molecule has 1 aromatic rings. The number of nitrogens with two attached hydrogens (primary N) is 1. The summed E-state index contributed by atoms with van der Waals surface area (Å²) in [6.07, 6.45) is 2.43. The molecule has 1 fully saturated rings. The molecule has 1 aliphatic rings. The number of nitrogens with one attached hydrogen (secondary N) is 1. The van der Waals surface area contributed by atoms with E-state index in [1.165, 1.54) is 12.8 Å². The first-order valence-electron chi connectivity index (χ1n) is 7.04. The molecule has 1 aliphatic carbocycles. The van der Waals surface area contributed by atoms with Crippen LogP contribution in [0.4, 0.5) is 0 Å². The van der Waals surface area contributed by atoms with Crippen molar-refractivity contribution in [2.75, 3.05) is 20.1 Å². The quantitative estimate of drug-likeness (QED) is 0.758. The van der Waals surface area contributed by atoms with Crippen molar-refractivity contribution in [3.63, 3.8) is 0 Å². The lowest BCUT2D eigenvalue weighted by Crippen LogP contribution is -2.34. The number of hydrogen-bond acceptors (Lipinski definition) is 4. The van der Waals surface area contributed by atoms with E-state index < -0.39 is 10.0 Å². The number of sulfonamides is 1. The third kappa shape index (κ3) is 4.26. The smallest absolute Gasteiger partial charge is 0.240 e. The number of rotatable bonds is 7. The van der Waals surface area contributed by atoms with Gasteiger partial charge in [0.2, 0.25) is 10.0 Å². The zero-order chi connectivity index (χ0) is 15.6. The molecule has 1 saturated carbocycles. The van der Waals surface area contributed by atoms with E-state index in [0.29, 0.717) is 29.6 Å². The van der Waals surface area contributed by atoms with Crippen molar-refractivity contribution in [2.45, 2.75) is 37.2 Å². The standard InChI is InChI=1S/C14H22BrN3O2S/c1-10-13(15)7-11(9-16)8-14(10)21(19,20)17-5-6-18(2)12-3-4-12/h7-8,12,17H,3-6,9,16H2,1-2H3. The Kier molecular flexibility index (Phi) is 5.43. The first-order chi connectivity index (χ1) is 9.85. The summed E-state index contributed by atoms with van der Waals surface area (Å²) in [5.74, 6) is 0. The van der Waals surface area contributed by atoms with E-state index in [1.807, 2.05) is 13.1 Å². The van der Waals surface area contributed by atoms with Gasteiger partial charge in [0.05, 0.1) is 4.90 Å². The van der Waals surface area contributed by atoms with Gasteiger partial charge in [-0.05, 0) is 50.1 Å². The van der Waals surface area contributed by atoms with Crippen molar-refractivity contribution in [3.05, 3.63) is 27.7 Å². The second-order valence-electron chi connectivity index (χ2n) is 5.51. The van der Waals surface area contributed by atoms with Crippen molar-refractivity contribution in [1.82, 2.24) is 9.62 Å². The summed E-state index contributed by atoms with van der Waals surface area (Å²) < 4.78 is 28.3. The molecule has 0 aliphatic heterocycles. The summed E-state index contributed by atoms with van der Waals surface area (Å²) in [5.41, 5.74) is 7.12. The Morgan fingerprint density at radius 3 is 2.67 bits per heavy atom. The molecule has 0 spiro atoms. The van der Waals surface area contributed by atoms with E-state index in [0.717, 1.165) is 16.6 Å². The van der Waals surface area contributed by atoms with Gasteiger partial charge < -0.3 is 10.6 Å². The highest BCUT2D eigenvalue weighted by atomic mass is 79.9. The molecule has 2 rings (SSSR count). The number of halogens is 1. The van der Waals surface area contributed by atoms with E-state index in [-0.39, 0.29) is 0 Å². The van der Waals surface area contributed by atoms with Crippen molar-refractivity contribution in [2.24, 2.45) is 5.73 Å². The van der Waals surface area contributed by atoms with E-state index in [4.69, 9.17) is 5.73 Å². The molecule has 0 aromatic heterocycles. The maximum atomic E-state index is 12.4. The van der Waals surface area contributed by atoms with Crippen molar-refractivity contribution >= 4 is 26.0 Å². The molecule has 0 radical (unpaired) electrons. The molecule has 7 heteroatoms. The van der Waals surface area contributed by atoms with Gasteiger partial charge in [0, 0.05) is 30.1 Å². The van der Waals surface area contributed by atoms with Crippen LogP contribution in [-0.2, 0) is 16.6 Å². The molecule has 3 N–H and O–H groups in total. The second kappa shape index (κ2) is 6.75. The van der Waals surface area contributed by atoms with Crippen LogP contribution in [-0.4, -0.2) is 39.5 Å². The molecule has 0 atom stereocenters. The van der Waals surface area contributed by atoms with Crippen molar-refractivity contribution in [3.8, 4) is 0 Å². The minimum Gasteiger partial charge on any atom is -0.326 e. The molecule has 5 nitrogen and oxygen atoms in total. The van der Waals surface area contributed by atoms with Crippen LogP contribution in [0.15, 0.2) is 21.5 Å². The molecule has 0 amide bonds. The summed E-state index contributed by atoms with van der Waals surface area (Å²) >= 11 is 3.39. The van der Waals surface area contributed by atoms with Crippen LogP contribution in [0.2, 0.25) is 0 Å². The van der Waals surface area contributed by atoms with Crippen LogP contribution in [0.3, 0.4) is 0 Å². The Labute approximate surface area is 135 Å². The minimum atomic E-state index is -3.51. The maximum absolute atomic E-state index is 12.4. The second-order valence-corrected chi connectivity index (χ2v) is 8.10. The van der Waals surface area contributed by atoms with E-state index in [9.17, 15) is 8.42 Å². The van der Waals surface area contributed by atoms with Crippen molar-refractivity contribution in [1.29, 1.82) is 0 Å². The normalized spacial score (nSPS) is 15.7. The Hall–Kier alpha value is -0.470. The van der Waals surface area contributed by atoms with E-state index in [2.05, 4.69) is 25.6 Å². The highest BCUT2D eigenvalue weighted by Gasteiger charge is 2.26. The van der Waals surface area contributed by atoms with Gasteiger partial charge in [-0.15, -0.1) is 0 Å². The van der Waals surface area contributed by atoms with Gasteiger partial charge in [0.25, 0.3) is 0 Å². The summed E-state index contributed by atoms with van der Waals surface area (Å²) in [6.45, 7) is 3.24. The average molecular weight is 376 g/mol. The number of nitrogens with zero attached hydrogens (tertiary/aromatic N) is 1. The van der Waals surface area contributed by atoms with Gasteiger partial charge in [0.1, 0.15) is 0 Å². The zero-order valence-corrected chi connectivity index (χ0v) is 14.8. The predicted molar refractivity (Wildman–Crippen MR) is 87.6 cm³/mol. The molecular weight excluding hydrogens is 354 g/mol. The van der Waals surface area contributed by atoms with Gasteiger partial charge in [0.15, 0.2) is 0 Å². The average Bonchev–Trinajstić information content (AvgIpc) is 3.25. The van der Waals surface area contributed by atoms with Crippen LogP contribution < -0.4 is 10.5 Å². The van der Waals surface area contributed by atoms with Gasteiger partial charge in [-0.1, -0.05) is 15.9 Å². The Morgan fingerprint density at radius 1 is 1.43 bits per heavy atom. The Balaban J connectivity index is 2.09. The minimum absolute atomic E-state index is 0.298. The molecule has 0 saturated heterocycles. The van der Waals surface area contributed by atoms with Gasteiger partial charge >= 0.3 is 0 Å². The summed E-state index contributed by atoms with van der Waals surface area (Å²) in [5, 5.41) is 0. The molecular formula is C14H22BrN3O2S. The lowest BCUT2D eigenvalue weighted by Gasteiger charge is -2.17. The summed E-state index contributed by atoms with van der Waals surface area (Å²) in [7, 11) is -1.48. The van der Waals surface area contributed by atoms with Gasteiger partial charge in [-0.25, -0.2) is 13.1 Å². The third-order valence-electron chi connectivity index (χ3n) is 3.81. The first-order valence-corrected chi connectivity index (χ1v) is 9.31. The SMILES string of the molecule is Cc1c(Br)cc(CN)cc1S(=O)(=O)NCCN(C)C1CC1. The van der Waals surface area contributed by atoms with E-state index in [1.54, 1.807) is 13.0 Å². The topological polar surface area (TPSA) is 75.4 Å². The molecule has 118 valence electrons. The molecule has 1 aromatic carbocycles. The fourth-order valence-corrected chi connectivity index (χ4v) is 4.21. The lowest BCUT2D eigenvalue weighted by molar-refractivity contribution is 0.329. The Bertz CT molecular complexity index is 615. The molecule has 0 unspecified atom stereocenters. The van der Waals surface area contributed by atoms with Crippen LogP contribution in [0.25, 0.3) is 0 Å². The fourth-order valence-electron chi connectivity index (χ4n) is 2.24. The zero-order valence-electron chi connectivity index (χ0n) is 12.4. The van der Waals surface area contributed by atoms with Crippen LogP contribution >= 0.6 is 15.9 Å². The van der Waals surface area contributed by atoms with Crippen LogP contribution in [0.1, 0.15) is 24.0 Å². The van der Waals surface area contributed by atoms with Gasteiger partial charge in [-0.3, -0.25) is 0 Å². The number of benzene rings is 1. The highest BCUT2D eigenvalue weighted by Crippen LogP contribution is 2.26. The Morgan fingerprint density at radius 2 is 2.10 bits per heavy atom. The molecule has 21 heavy (non-hydrogen) atoms. The molecule has 0 bridgehead atoms. The number of likely N-dealkylation sites (N-methyl/N-ethyl adjacent to an activating group) is 1. The monoisotopic (exact) mass is 375 g/mol. The predicted octanol–water partition coefficient (Wildman–Crippen LogP) is 1.59. The van der Waals surface area contributed by atoms with Crippen LogP contribution in [0.5, 0.6) is 0 Å². The summed E-state index contributed by atoms with van der Waals surface area (Å²) in [4.78, 5) is 2.49. The summed E-state index contributed by atoms with van der Waals surface area (Å²) in [6, 6.07) is 4.13. The first kappa shape index (κ1) is 16.9. The lowest BCUT2D eigenvalue weighted by atomic mass is 10.1. The largest absolute Gasteiger partial charge is 0.326 e. The van der Waals surface area contributed by atoms with Crippen LogP contribution in [0, 0.1) is 6.92 Å². The van der Waals surface area contributed by atoms with Gasteiger partial charge in [-0.2, -0.15) is 0 Å². The highest BCUT2D eigenvalue weighted by molar-refractivity contribution is 9.10.